The summed E-state index contributed by atoms with van der Waals surface area (Å²) >= 11 is 6.16. The van der Waals surface area contributed by atoms with E-state index in [1.807, 2.05) is 13.0 Å². The van der Waals surface area contributed by atoms with Gasteiger partial charge >= 0.3 is 0 Å². The van der Waals surface area contributed by atoms with Crippen LogP contribution >= 0.6 is 11.6 Å². The molecule has 0 saturated heterocycles. The van der Waals surface area contributed by atoms with Gasteiger partial charge in [0.1, 0.15) is 0 Å². The van der Waals surface area contributed by atoms with E-state index in [4.69, 9.17) is 11.6 Å². The van der Waals surface area contributed by atoms with Crippen molar-refractivity contribution in [1.29, 1.82) is 0 Å². The summed E-state index contributed by atoms with van der Waals surface area (Å²) in [7, 11) is 0. The Morgan fingerprint density at radius 1 is 1.29 bits per heavy atom. The first-order valence-corrected chi connectivity index (χ1v) is 6.89. The van der Waals surface area contributed by atoms with Crippen LogP contribution in [0.4, 0.5) is 5.69 Å². The van der Waals surface area contributed by atoms with Crippen LogP contribution in [0.5, 0.6) is 0 Å². The van der Waals surface area contributed by atoms with Crippen molar-refractivity contribution in [3.63, 3.8) is 0 Å². The maximum atomic E-state index is 6.16. The van der Waals surface area contributed by atoms with Crippen LogP contribution in [-0.2, 0) is 0 Å². The van der Waals surface area contributed by atoms with Gasteiger partial charge in [0.25, 0.3) is 0 Å². The third-order valence-electron chi connectivity index (χ3n) is 4.02. The Kier molecular flexibility index (Phi) is 3.67. The minimum Gasteiger partial charge on any atom is -0.382 e. The van der Waals surface area contributed by atoms with Crippen molar-refractivity contribution in [3.8, 4) is 0 Å². The van der Waals surface area contributed by atoms with Crippen LogP contribution in [0.2, 0.25) is 5.02 Å². The fraction of sp³-hybridized carbons (Fsp3) is 0.600. The molecule has 0 aliphatic heterocycles. The second kappa shape index (κ2) is 4.89. The van der Waals surface area contributed by atoms with Gasteiger partial charge in [-0.2, -0.15) is 0 Å². The highest BCUT2D eigenvalue weighted by atomic mass is 35.5. The number of hydrogen-bond acceptors (Lipinski definition) is 1. The van der Waals surface area contributed by atoms with E-state index >= 15 is 0 Å². The molecule has 1 N–H and O–H groups in total. The van der Waals surface area contributed by atoms with E-state index < -0.39 is 0 Å². The summed E-state index contributed by atoms with van der Waals surface area (Å²) < 4.78 is 0. The number of anilines is 1. The van der Waals surface area contributed by atoms with Crippen LogP contribution < -0.4 is 5.32 Å². The molecule has 0 aromatic heterocycles. The normalized spacial score (nSPS) is 23.4. The second-order valence-electron chi connectivity index (χ2n) is 5.90. The fourth-order valence-electron chi connectivity index (χ4n) is 2.65. The lowest BCUT2D eigenvalue weighted by Crippen LogP contribution is -2.38. The van der Waals surface area contributed by atoms with E-state index in [0.29, 0.717) is 11.5 Å². The molecular weight excluding hydrogens is 230 g/mol. The maximum absolute atomic E-state index is 6.16. The smallest absolute Gasteiger partial charge is 0.0455 e. The van der Waals surface area contributed by atoms with Crippen molar-refractivity contribution < 1.29 is 0 Å². The Labute approximate surface area is 110 Å². The third kappa shape index (κ3) is 2.95. The largest absolute Gasteiger partial charge is 0.382 e. The van der Waals surface area contributed by atoms with Gasteiger partial charge in [0.2, 0.25) is 0 Å². The summed E-state index contributed by atoms with van der Waals surface area (Å²) in [6, 6.07) is 6.82. The summed E-state index contributed by atoms with van der Waals surface area (Å²) in [5, 5.41) is 4.51. The van der Waals surface area contributed by atoms with E-state index in [2.05, 4.69) is 31.3 Å². The van der Waals surface area contributed by atoms with Crippen LogP contribution in [0.3, 0.4) is 0 Å². The predicted octanol–water partition coefficient (Wildman–Crippen LogP) is 5.03. The second-order valence-corrected chi connectivity index (χ2v) is 6.30. The molecule has 1 nitrogen and oxygen atoms in total. The standard InChI is InChI=1S/C15H22ClN/c1-11-7-8-12(10-13(11)16)17-14-6-4-5-9-15(14,2)3/h7-8,10,14,17H,4-6,9H2,1-3H3. The van der Waals surface area contributed by atoms with Crippen LogP contribution in [0, 0.1) is 12.3 Å². The van der Waals surface area contributed by atoms with E-state index in [9.17, 15) is 0 Å². The van der Waals surface area contributed by atoms with Crippen LogP contribution in [0.15, 0.2) is 18.2 Å². The molecule has 1 atom stereocenters. The van der Waals surface area contributed by atoms with Crippen LogP contribution in [0.25, 0.3) is 0 Å². The number of rotatable bonds is 2. The van der Waals surface area contributed by atoms with Gasteiger partial charge in [0, 0.05) is 16.8 Å². The average molecular weight is 252 g/mol. The van der Waals surface area contributed by atoms with Gasteiger partial charge in [-0.05, 0) is 42.9 Å². The first-order chi connectivity index (χ1) is 7.99. The van der Waals surface area contributed by atoms with E-state index in [1.54, 1.807) is 0 Å². The van der Waals surface area contributed by atoms with Gasteiger partial charge in [0.15, 0.2) is 0 Å². The van der Waals surface area contributed by atoms with Crippen molar-refractivity contribution in [2.24, 2.45) is 5.41 Å². The fourth-order valence-corrected chi connectivity index (χ4v) is 2.83. The number of aryl methyl sites for hydroxylation is 1. The van der Waals surface area contributed by atoms with Gasteiger partial charge in [-0.15, -0.1) is 0 Å². The van der Waals surface area contributed by atoms with E-state index in [0.717, 1.165) is 16.3 Å². The topological polar surface area (TPSA) is 12.0 Å². The number of hydrogen-bond donors (Lipinski definition) is 1. The van der Waals surface area contributed by atoms with Gasteiger partial charge in [-0.3, -0.25) is 0 Å². The quantitative estimate of drug-likeness (QED) is 0.778. The summed E-state index contributed by atoms with van der Waals surface area (Å²) in [5.41, 5.74) is 2.68. The molecule has 2 rings (SSSR count). The van der Waals surface area contributed by atoms with Crippen molar-refractivity contribution in [2.45, 2.75) is 52.5 Å². The lowest BCUT2D eigenvalue weighted by Gasteiger charge is -2.39. The minimum atomic E-state index is 0.385. The molecule has 2 heteroatoms. The molecule has 17 heavy (non-hydrogen) atoms. The van der Waals surface area contributed by atoms with Crippen LogP contribution in [-0.4, -0.2) is 6.04 Å². The first-order valence-electron chi connectivity index (χ1n) is 6.52. The zero-order chi connectivity index (χ0) is 12.5. The predicted molar refractivity (Wildman–Crippen MR) is 75.8 cm³/mol. The van der Waals surface area contributed by atoms with Crippen molar-refractivity contribution in [1.82, 2.24) is 0 Å². The van der Waals surface area contributed by atoms with Gasteiger partial charge < -0.3 is 5.32 Å². The molecule has 0 spiro atoms. The molecule has 1 aromatic rings. The lowest BCUT2D eigenvalue weighted by molar-refractivity contribution is 0.217. The molecule has 1 fully saturated rings. The zero-order valence-electron chi connectivity index (χ0n) is 11.0. The summed E-state index contributed by atoms with van der Waals surface area (Å²) in [5.74, 6) is 0. The van der Waals surface area contributed by atoms with Crippen LogP contribution in [0.1, 0.15) is 45.1 Å². The highest BCUT2D eigenvalue weighted by Crippen LogP contribution is 2.37. The molecule has 0 bridgehead atoms. The molecule has 1 unspecified atom stereocenters. The Morgan fingerprint density at radius 2 is 2.06 bits per heavy atom. The van der Waals surface area contributed by atoms with Gasteiger partial charge in [-0.1, -0.05) is 44.4 Å². The molecular formula is C15H22ClN. The highest BCUT2D eigenvalue weighted by molar-refractivity contribution is 6.31. The molecule has 1 aliphatic carbocycles. The van der Waals surface area contributed by atoms with E-state index in [1.165, 1.54) is 25.7 Å². The summed E-state index contributed by atoms with van der Waals surface area (Å²) in [4.78, 5) is 0. The van der Waals surface area contributed by atoms with Crippen molar-refractivity contribution in [2.75, 3.05) is 5.32 Å². The molecule has 0 amide bonds. The number of halogens is 1. The van der Waals surface area contributed by atoms with Crippen molar-refractivity contribution >= 4 is 17.3 Å². The molecule has 1 aliphatic rings. The first kappa shape index (κ1) is 12.8. The molecule has 1 aromatic carbocycles. The zero-order valence-corrected chi connectivity index (χ0v) is 11.8. The SMILES string of the molecule is Cc1ccc(NC2CCCCC2(C)C)cc1Cl. The molecule has 0 radical (unpaired) electrons. The van der Waals surface area contributed by atoms with E-state index in [-0.39, 0.29) is 0 Å². The molecule has 1 saturated carbocycles. The Balaban J connectivity index is 2.11. The monoisotopic (exact) mass is 251 g/mol. The number of benzene rings is 1. The maximum Gasteiger partial charge on any atom is 0.0455 e. The van der Waals surface area contributed by atoms with Crippen molar-refractivity contribution in [3.05, 3.63) is 28.8 Å². The molecule has 94 valence electrons. The lowest BCUT2D eigenvalue weighted by atomic mass is 9.73. The average Bonchev–Trinajstić information content (AvgIpc) is 2.26. The van der Waals surface area contributed by atoms with Gasteiger partial charge in [0.05, 0.1) is 0 Å². The Hall–Kier alpha value is -0.690. The minimum absolute atomic E-state index is 0.385. The third-order valence-corrected chi connectivity index (χ3v) is 4.43. The molecule has 0 heterocycles. The van der Waals surface area contributed by atoms with Gasteiger partial charge in [-0.25, -0.2) is 0 Å². The highest BCUT2D eigenvalue weighted by Gasteiger charge is 2.31. The Morgan fingerprint density at radius 3 is 2.71 bits per heavy atom. The number of nitrogens with one attached hydrogen (secondary N) is 1. The summed E-state index contributed by atoms with van der Waals surface area (Å²) in [6.07, 6.45) is 5.27. The summed E-state index contributed by atoms with van der Waals surface area (Å²) in [6.45, 7) is 6.76. The Bertz CT molecular complexity index is 398.